The van der Waals surface area contributed by atoms with Crippen molar-refractivity contribution in [2.24, 2.45) is 5.73 Å². The molecule has 2 heterocycles. The molecule has 1 aliphatic rings. The van der Waals surface area contributed by atoms with Crippen LogP contribution in [0.25, 0.3) is 0 Å². The molecule has 0 radical (unpaired) electrons. The van der Waals surface area contributed by atoms with Gasteiger partial charge >= 0.3 is 0 Å². The van der Waals surface area contributed by atoms with E-state index in [9.17, 15) is 0 Å². The zero-order chi connectivity index (χ0) is 13.8. The smallest absolute Gasteiger partial charge is 0.148 e. The summed E-state index contributed by atoms with van der Waals surface area (Å²) in [5, 5.41) is 7.96. The van der Waals surface area contributed by atoms with Gasteiger partial charge in [0.15, 0.2) is 0 Å². The number of piperidine rings is 1. The van der Waals surface area contributed by atoms with Crippen LogP contribution in [0.5, 0.6) is 0 Å². The number of amidine groups is 1. The summed E-state index contributed by atoms with van der Waals surface area (Å²) in [6.45, 7) is 4.49. The van der Waals surface area contributed by atoms with E-state index in [1.807, 2.05) is 6.92 Å². The van der Waals surface area contributed by atoms with Crippen LogP contribution in [0.3, 0.4) is 0 Å². The summed E-state index contributed by atoms with van der Waals surface area (Å²) >= 11 is 6.28. The maximum Gasteiger partial charge on any atom is 0.148 e. The Bertz CT molecular complexity index is 458. The predicted octanol–water partition coefficient (Wildman–Crippen LogP) is 2.02. The van der Waals surface area contributed by atoms with Gasteiger partial charge in [-0.1, -0.05) is 11.6 Å². The monoisotopic (exact) mass is 282 g/mol. The summed E-state index contributed by atoms with van der Waals surface area (Å²) in [5.74, 6) is 0.683. The normalized spacial score (nSPS) is 16.6. The molecule has 0 amide bonds. The van der Waals surface area contributed by atoms with Gasteiger partial charge in [0.05, 0.1) is 11.1 Å². The lowest BCUT2D eigenvalue weighted by Crippen LogP contribution is -2.37. The van der Waals surface area contributed by atoms with Crippen molar-refractivity contribution < 1.29 is 4.74 Å². The van der Waals surface area contributed by atoms with Crippen molar-refractivity contribution in [1.82, 2.24) is 4.98 Å². The molecule has 0 atom stereocenters. The van der Waals surface area contributed by atoms with E-state index < -0.39 is 0 Å². The lowest BCUT2D eigenvalue weighted by molar-refractivity contribution is 0.0458. The van der Waals surface area contributed by atoms with Crippen LogP contribution in [0.4, 0.5) is 5.82 Å². The molecule has 6 heteroatoms. The van der Waals surface area contributed by atoms with Crippen LogP contribution >= 0.6 is 11.6 Å². The average molecular weight is 283 g/mol. The van der Waals surface area contributed by atoms with Gasteiger partial charge < -0.3 is 15.4 Å². The number of halogens is 1. The zero-order valence-corrected chi connectivity index (χ0v) is 11.8. The fourth-order valence-electron chi connectivity index (χ4n) is 2.33. The van der Waals surface area contributed by atoms with Crippen LogP contribution in [0.2, 0.25) is 5.02 Å². The molecule has 0 bridgehead atoms. The van der Waals surface area contributed by atoms with Crippen LogP contribution in [0.15, 0.2) is 12.3 Å². The second-order valence-electron chi connectivity index (χ2n) is 4.55. The molecule has 1 aromatic heterocycles. The Morgan fingerprint density at radius 3 is 2.84 bits per heavy atom. The topological polar surface area (TPSA) is 75.2 Å². The molecule has 3 N–H and O–H groups in total. The SMILES string of the molecule is CCOC1CCN(c2nccc(C(=N)N)c2Cl)CC1. The van der Waals surface area contributed by atoms with Crippen molar-refractivity contribution in [2.75, 3.05) is 24.6 Å². The van der Waals surface area contributed by atoms with E-state index in [0.29, 0.717) is 22.5 Å². The third-order valence-corrected chi connectivity index (χ3v) is 3.68. The maximum absolute atomic E-state index is 7.50. The van der Waals surface area contributed by atoms with Crippen LogP contribution in [-0.2, 0) is 4.74 Å². The summed E-state index contributed by atoms with van der Waals surface area (Å²) in [7, 11) is 0. The number of rotatable bonds is 4. The molecule has 1 aliphatic heterocycles. The second-order valence-corrected chi connectivity index (χ2v) is 4.93. The first-order valence-corrected chi connectivity index (χ1v) is 6.86. The first-order valence-electron chi connectivity index (χ1n) is 6.49. The summed E-state index contributed by atoms with van der Waals surface area (Å²) in [6.07, 6.45) is 3.91. The fraction of sp³-hybridized carbons (Fsp3) is 0.538. The summed E-state index contributed by atoms with van der Waals surface area (Å²) in [6, 6.07) is 1.67. The minimum absolute atomic E-state index is 0.0298. The maximum atomic E-state index is 7.50. The number of aromatic nitrogens is 1. The number of nitrogens with two attached hydrogens (primary N) is 1. The van der Waals surface area contributed by atoms with E-state index in [4.69, 9.17) is 27.5 Å². The third-order valence-electron chi connectivity index (χ3n) is 3.30. The lowest BCUT2D eigenvalue weighted by Gasteiger charge is -2.33. The van der Waals surface area contributed by atoms with E-state index in [1.165, 1.54) is 0 Å². The fourth-order valence-corrected chi connectivity index (χ4v) is 2.66. The highest BCUT2D eigenvalue weighted by Crippen LogP contribution is 2.29. The predicted molar refractivity (Wildman–Crippen MR) is 77.1 cm³/mol. The molecule has 0 saturated carbocycles. The molecule has 1 fully saturated rings. The Balaban J connectivity index is 2.11. The van der Waals surface area contributed by atoms with Gasteiger partial charge in [-0.25, -0.2) is 4.98 Å². The van der Waals surface area contributed by atoms with Gasteiger partial charge in [-0.05, 0) is 25.8 Å². The molecule has 104 valence electrons. The number of pyridine rings is 1. The second kappa shape index (κ2) is 6.21. The number of nitrogens with zero attached hydrogens (tertiary/aromatic N) is 2. The van der Waals surface area contributed by atoms with Crippen molar-refractivity contribution in [3.8, 4) is 0 Å². The van der Waals surface area contributed by atoms with E-state index in [0.717, 1.165) is 32.5 Å². The summed E-state index contributed by atoms with van der Waals surface area (Å²) < 4.78 is 5.63. The van der Waals surface area contributed by atoms with Gasteiger partial charge in [0.1, 0.15) is 11.7 Å². The molecular formula is C13H19ClN4O. The van der Waals surface area contributed by atoms with Gasteiger partial charge in [-0.15, -0.1) is 0 Å². The molecule has 19 heavy (non-hydrogen) atoms. The lowest BCUT2D eigenvalue weighted by atomic mass is 10.1. The number of anilines is 1. The molecule has 5 nitrogen and oxygen atoms in total. The van der Waals surface area contributed by atoms with Gasteiger partial charge in [0.25, 0.3) is 0 Å². The highest BCUT2D eigenvalue weighted by Gasteiger charge is 2.23. The number of nitrogen functional groups attached to an aromatic ring is 1. The zero-order valence-electron chi connectivity index (χ0n) is 11.0. The average Bonchev–Trinajstić information content (AvgIpc) is 2.40. The van der Waals surface area contributed by atoms with Gasteiger partial charge in [-0.3, -0.25) is 5.41 Å². The first kappa shape index (κ1) is 14.1. The molecule has 2 rings (SSSR count). The first-order chi connectivity index (χ1) is 9.13. The quantitative estimate of drug-likeness (QED) is 0.654. The van der Waals surface area contributed by atoms with Crippen molar-refractivity contribution in [2.45, 2.75) is 25.9 Å². The highest BCUT2D eigenvalue weighted by molar-refractivity contribution is 6.36. The minimum Gasteiger partial charge on any atom is -0.384 e. The number of ether oxygens (including phenoxy) is 1. The molecule has 0 aromatic carbocycles. The van der Waals surface area contributed by atoms with Gasteiger partial charge in [0, 0.05) is 31.5 Å². The molecule has 0 spiro atoms. The molecule has 0 aliphatic carbocycles. The van der Waals surface area contributed by atoms with Gasteiger partial charge in [0.2, 0.25) is 0 Å². The molecule has 0 unspecified atom stereocenters. The van der Waals surface area contributed by atoms with E-state index >= 15 is 0 Å². The Hall–Kier alpha value is -1.33. The minimum atomic E-state index is -0.0298. The standard InChI is InChI=1S/C13H19ClN4O/c1-2-19-9-4-7-18(8-5-9)13-11(14)10(12(15)16)3-6-17-13/h3,6,9H,2,4-5,7-8H2,1H3,(H3,15,16). The highest BCUT2D eigenvalue weighted by atomic mass is 35.5. The summed E-state index contributed by atoms with van der Waals surface area (Å²) in [5.41, 5.74) is 6.05. The van der Waals surface area contributed by atoms with Crippen LogP contribution in [0.1, 0.15) is 25.3 Å². The summed E-state index contributed by atoms with van der Waals surface area (Å²) in [4.78, 5) is 6.45. The van der Waals surface area contributed by atoms with Crippen LogP contribution in [0, 0.1) is 5.41 Å². The van der Waals surface area contributed by atoms with Crippen molar-refractivity contribution in [3.05, 3.63) is 22.8 Å². The van der Waals surface area contributed by atoms with Crippen molar-refractivity contribution >= 4 is 23.3 Å². The molecular weight excluding hydrogens is 264 g/mol. The number of hydrogen-bond acceptors (Lipinski definition) is 4. The van der Waals surface area contributed by atoms with E-state index in [-0.39, 0.29) is 5.84 Å². The van der Waals surface area contributed by atoms with Crippen molar-refractivity contribution in [3.63, 3.8) is 0 Å². The third kappa shape index (κ3) is 3.16. The molecule has 1 aromatic rings. The van der Waals surface area contributed by atoms with Crippen LogP contribution in [-0.4, -0.2) is 36.6 Å². The van der Waals surface area contributed by atoms with Crippen LogP contribution < -0.4 is 10.6 Å². The Morgan fingerprint density at radius 1 is 1.58 bits per heavy atom. The number of nitrogens with one attached hydrogen (secondary N) is 1. The Kier molecular flexibility index (Phi) is 4.61. The van der Waals surface area contributed by atoms with Gasteiger partial charge in [-0.2, -0.15) is 0 Å². The van der Waals surface area contributed by atoms with Crippen molar-refractivity contribution in [1.29, 1.82) is 5.41 Å². The number of hydrogen-bond donors (Lipinski definition) is 2. The van der Waals surface area contributed by atoms with E-state index in [2.05, 4.69) is 9.88 Å². The largest absolute Gasteiger partial charge is 0.384 e. The Labute approximate surface area is 118 Å². The van der Waals surface area contributed by atoms with E-state index in [1.54, 1.807) is 12.3 Å². The molecule has 1 saturated heterocycles. The Morgan fingerprint density at radius 2 is 2.26 bits per heavy atom.